The van der Waals surface area contributed by atoms with E-state index in [1.807, 2.05) is 36.4 Å². The highest BCUT2D eigenvalue weighted by Gasteiger charge is 2.12. The molecule has 0 unspecified atom stereocenters. The summed E-state index contributed by atoms with van der Waals surface area (Å²) < 4.78 is 5.85. The van der Waals surface area contributed by atoms with E-state index in [1.54, 1.807) is 30.3 Å². The Balaban J connectivity index is 2.15. The highest BCUT2D eigenvalue weighted by molar-refractivity contribution is 6.14. The Morgan fingerprint density at radius 2 is 1.76 bits per heavy atom. The summed E-state index contributed by atoms with van der Waals surface area (Å²) >= 11 is 0. The van der Waals surface area contributed by atoms with Crippen molar-refractivity contribution in [2.24, 2.45) is 0 Å². The fourth-order valence-electron chi connectivity index (χ4n) is 2.49. The zero-order valence-electron chi connectivity index (χ0n) is 14.6. The molecule has 2 aromatic carbocycles. The van der Waals surface area contributed by atoms with Crippen molar-refractivity contribution in [3.63, 3.8) is 0 Å². The number of carbonyl (C=O) groups is 1. The van der Waals surface area contributed by atoms with Crippen LogP contribution in [0.15, 0.2) is 60.2 Å². The van der Waals surface area contributed by atoms with E-state index in [-0.39, 0.29) is 11.4 Å². The lowest BCUT2D eigenvalue weighted by atomic mass is 10.0. The Bertz CT molecular complexity index is 757. The predicted octanol–water partition coefficient (Wildman–Crippen LogP) is 5.44. The molecule has 0 N–H and O–H groups in total. The molecular formula is C22H23NO2. The number of ether oxygens (including phenoxy) is 1. The molecule has 3 heteroatoms. The number of para-hydroxylation sites is 1. The number of nitrogens with zero attached hydrogens (tertiary/aromatic N) is 1. The minimum atomic E-state index is -0.277. The normalized spacial score (nSPS) is 11.0. The second-order valence-corrected chi connectivity index (χ2v) is 5.81. The maximum Gasteiger partial charge on any atom is 0.203 e. The molecule has 3 nitrogen and oxygen atoms in total. The maximum absolute atomic E-state index is 12.5. The van der Waals surface area contributed by atoms with Crippen molar-refractivity contribution < 1.29 is 9.53 Å². The fraction of sp³-hybridized carbons (Fsp3) is 0.273. The summed E-state index contributed by atoms with van der Waals surface area (Å²) in [6.07, 6.45) is 6.14. The Morgan fingerprint density at radius 3 is 2.48 bits per heavy atom. The summed E-state index contributed by atoms with van der Waals surface area (Å²) in [5, 5.41) is 9.40. The molecule has 0 amide bonds. The van der Waals surface area contributed by atoms with Gasteiger partial charge in [0.1, 0.15) is 17.4 Å². The van der Waals surface area contributed by atoms with Gasteiger partial charge in [-0.05, 0) is 18.6 Å². The second kappa shape index (κ2) is 10.1. The number of ketones is 1. The molecule has 0 aliphatic rings. The van der Waals surface area contributed by atoms with Gasteiger partial charge in [-0.15, -0.1) is 0 Å². The Labute approximate surface area is 149 Å². The number of nitriles is 1. The first kappa shape index (κ1) is 18.5. The van der Waals surface area contributed by atoms with Gasteiger partial charge in [-0.1, -0.05) is 74.7 Å². The average Bonchev–Trinajstić information content (AvgIpc) is 2.67. The van der Waals surface area contributed by atoms with E-state index >= 15 is 0 Å². The minimum Gasteiger partial charge on any atom is -0.493 e. The van der Waals surface area contributed by atoms with E-state index in [0.29, 0.717) is 17.9 Å². The molecule has 0 atom stereocenters. The molecule has 0 aromatic heterocycles. The molecule has 0 bridgehead atoms. The maximum atomic E-state index is 12.5. The van der Waals surface area contributed by atoms with Crippen molar-refractivity contribution in [1.82, 2.24) is 0 Å². The van der Waals surface area contributed by atoms with Gasteiger partial charge in [-0.2, -0.15) is 5.26 Å². The van der Waals surface area contributed by atoms with Crippen molar-refractivity contribution in [3.8, 4) is 11.8 Å². The van der Waals surface area contributed by atoms with Crippen LogP contribution in [0.25, 0.3) is 6.08 Å². The van der Waals surface area contributed by atoms with E-state index in [1.165, 1.54) is 12.8 Å². The quantitative estimate of drug-likeness (QED) is 0.266. The first-order valence-corrected chi connectivity index (χ1v) is 8.69. The van der Waals surface area contributed by atoms with Gasteiger partial charge in [0, 0.05) is 11.1 Å². The Hall–Kier alpha value is -2.86. The largest absolute Gasteiger partial charge is 0.493 e. The molecule has 0 heterocycles. The van der Waals surface area contributed by atoms with Crippen LogP contribution >= 0.6 is 0 Å². The Morgan fingerprint density at radius 1 is 1.04 bits per heavy atom. The summed E-state index contributed by atoms with van der Waals surface area (Å²) in [4.78, 5) is 12.5. The molecule has 0 aliphatic heterocycles. The van der Waals surface area contributed by atoms with Crippen LogP contribution in [0.2, 0.25) is 0 Å². The van der Waals surface area contributed by atoms with Gasteiger partial charge >= 0.3 is 0 Å². The van der Waals surface area contributed by atoms with Crippen molar-refractivity contribution in [2.45, 2.75) is 32.6 Å². The van der Waals surface area contributed by atoms with Gasteiger partial charge in [-0.3, -0.25) is 4.79 Å². The number of rotatable bonds is 9. The van der Waals surface area contributed by atoms with Crippen LogP contribution in [0.5, 0.6) is 5.75 Å². The number of Topliss-reactive ketones (excluding diaryl/α,β-unsaturated/α-hetero) is 1. The van der Waals surface area contributed by atoms with Crippen molar-refractivity contribution in [3.05, 3.63) is 71.3 Å². The fourth-order valence-corrected chi connectivity index (χ4v) is 2.49. The van der Waals surface area contributed by atoms with Gasteiger partial charge in [0.05, 0.1) is 6.61 Å². The van der Waals surface area contributed by atoms with Gasteiger partial charge in [0.15, 0.2) is 0 Å². The monoisotopic (exact) mass is 333 g/mol. The standard InChI is InChI=1S/C22H23NO2/c1-2-3-4-10-15-25-21-14-9-8-13-19(21)16-20(17-23)22(24)18-11-6-5-7-12-18/h5-9,11-14,16H,2-4,10,15H2,1H3/b20-16+. The zero-order valence-corrected chi connectivity index (χ0v) is 14.6. The van der Waals surface area contributed by atoms with E-state index in [0.717, 1.165) is 18.4 Å². The summed E-state index contributed by atoms with van der Waals surface area (Å²) in [5.74, 6) is 0.424. The third kappa shape index (κ3) is 5.61. The van der Waals surface area contributed by atoms with Crippen LogP contribution in [0.1, 0.15) is 48.5 Å². The average molecular weight is 333 g/mol. The number of benzene rings is 2. The van der Waals surface area contributed by atoms with Crippen LogP contribution < -0.4 is 4.74 Å². The van der Waals surface area contributed by atoms with Crippen LogP contribution in [0, 0.1) is 11.3 Å². The minimum absolute atomic E-state index is 0.105. The lowest BCUT2D eigenvalue weighted by Gasteiger charge is -2.09. The van der Waals surface area contributed by atoms with Gasteiger partial charge in [0.2, 0.25) is 5.78 Å². The smallest absolute Gasteiger partial charge is 0.203 e. The highest BCUT2D eigenvalue weighted by atomic mass is 16.5. The first-order valence-electron chi connectivity index (χ1n) is 8.69. The summed E-state index contributed by atoms with van der Waals surface area (Å²) in [5.41, 5.74) is 1.36. The van der Waals surface area contributed by atoms with Gasteiger partial charge < -0.3 is 4.74 Å². The lowest BCUT2D eigenvalue weighted by Crippen LogP contribution is -2.02. The van der Waals surface area contributed by atoms with Crippen molar-refractivity contribution in [2.75, 3.05) is 6.61 Å². The first-order chi connectivity index (χ1) is 12.3. The van der Waals surface area contributed by atoms with E-state index < -0.39 is 0 Å². The molecule has 0 saturated heterocycles. The SMILES string of the molecule is CCCCCCOc1ccccc1/C=C(\C#N)C(=O)c1ccccc1. The number of carbonyl (C=O) groups excluding carboxylic acids is 1. The number of allylic oxidation sites excluding steroid dienone is 1. The van der Waals surface area contributed by atoms with Crippen LogP contribution in [0.3, 0.4) is 0 Å². The molecule has 128 valence electrons. The Kier molecular flexibility index (Phi) is 7.46. The summed E-state index contributed by atoms with van der Waals surface area (Å²) in [6.45, 7) is 2.81. The molecule has 25 heavy (non-hydrogen) atoms. The summed E-state index contributed by atoms with van der Waals surface area (Å²) in [7, 11) is 0. The topological polar surface area (TPSA) is 50.1 Å². The van der Waals surface area contributed by atoms with Gasteiger partial charge in [0.25, 0.3) is 0 Å². The molecule has 0 radical (unpaired) electrons. The molecular weight excluding hydrogens is 310 g/mol. The number of unbranched alkanes of at least 4 members (excludes halogenated alkanes) is 3. The van der Waals surface area contributed by atoms with Crippen LogP contribution in [0.4, 0.5) is 0 Å². The molecule has 2 rings (SSSR count). The highest BCUT2D eigenvalue weighted by Crippen LogP contribution is 2.22. The third-order valence-corrected chi connectivity index (χ3v) is 3.88. The number of hydrogen-bond acceptors (Lipinski definition) is 3. The van der Waals surface area contributed by atoms with Crippen LogP contribution in [-0.4, -0.2) is 12.4 Å². The van der Waals surface area contributed by atoms with Crippen LogP contribution in [-0.2, 0) is 0 Å². The van der Waals surface area contributed by atoms with E-state index in [4.69, 9.17) is 4.74 Å². The predicted molar refractivity (Wildman–Crippen MR) is 100 cm³/mol. The van der Waals surface area contributed by atoms with E-state index in [2.05, 4.69) is 6.92 Å². The second-order valence-electron chi connectivity index (χ2n) is 5.81. The van der Waals surface area contributed by atoms with Crippen molar-refractivity contribution >= 4 is 11.9 Å². The summed E-state index contributed by atoms with van der Waals surface area (Å²) in [6, 6.07) is 18.3. The molecule has 0 aliphatic carbocycles. The van der Waals surface area contributed by atoms with E-state index in [9.17, 15) is 10.1 Å². The number of hydrogen-bond donors (Lipinski definition) is 0. The third-order valence-electron chi connectivity index (χ3n) is 3.88. The molecule has 0 saturated carbocycles. The molecule has 2 aromatic rings. The molecule has 0 spiro atoms. The van der Waals surface area contributed by atoms with Gasteiger partial charge in [-0.25, -0.2) is 0 Å². The molecule has 0 fully saturated rings. The van der Waals surface area contributed by atoms with Crippen molar-refractivity contribution in [1.29, 1.82) is 5.26 Å². The lowest BCUT2D eigenvalue weighted by molar-refractivity contribution is 0.104. The zero-order chi connectivity index (χ0) is 17.9.